The molecule has 0 spiro atoms. The number of benzene rings is 2. The second-order valence-corrected chi connectivity index (χ2v) is 7.28. The van der Waals surface area contributed by atoms with Gasteiger partial charge in [0.15, 0.2) is 0 Å². The summed E-state index contributed by atoms with van der Waals surface area (Å²) in [5.41, 5.74) is 10.2. The monoisotopic (exact) mass is 436 g/mol. The summed E-state index contributed by atoms with van der Waals surface area (Å²) in [6.45, 7) is 6.35. The van der Waals surface area contributed by atoms with Crippen LogP contribution >= 0.6 is 24.8 Å². The quantitative estimate of drug-likeness (QED) is 0.612. The van der Waals surface area contributed by atoms with E-state index in [1.54, 1.807) is 0 Å². The van der Waals surface area contributed by atoms with Gasteiger partial charge in [0, 0.05) is 25.2 Å². The molecule has 3 aromatic rings. The van der Waals surface area contributed by atoms with E-state index in [9.17, 15) is 4.79 Å². The maximum absolute atomic E-state index is 12.8. The molecule has 7 heteroatoms. The summed E-state index contributed by atoms with van der Waals surface area (Å²) in [5.74, 6) is -0.137. The van der Waals surface area contributed by atoms with Gasteiger partial charge in [-0.15, -0.1) is 24.8 Å². The summed E-state index contributed by atoms with van der Waals surface area (Å²) in [4.78, 5) is 12.8. The molecule has 1 aromatic heterocycles. The Labute approximate surface area is 184 Å². The Balaban J connectivity index is 0.00000210. The summed E-state index contributed by atoms with van der Waals surface area (Å²) >= 11 is 0. The molecule has 3 rings (SSSR count). The molecule has 1 amide bonds. The molecule has 0 aliphatic carbocycles. The number of amides is 1. The van der Waals surface area contributed by atoms with Crippen molar-refractivity contribution in [3.8, 4) is 0 Å². The van der Waals surface area contributed by atoms with Crippen molar-refractivity contribution in [2.45, 2.75) is 33.2 Å². The number of aryl methyl sites for hydroxylation is 2. The van der Waals surface area contributed by atoms with Crippen molar-refractivity contribution in [2.24, 2.45) is 18.7 Å². The van der Waals surface area contributed by atoms with Crippen molar-refractivity contribution in [2.75, 3.05) is 6.54 Å². The van der Waals surface area contributed by atoms with Gasteiger partial charge >= 0.3 is 0 Å². The van der Waals surface area contributed by atoms with Crippen molar-refractivity contribution in [1.82, 2.24) is 15.1 Å². The third-order valence-corrected chi connectivity index (χ3v) is 5.34. The van der Waals surface area contributed by atoms with E-state index in [0.717, 1.165) is 27.9 Å². The Morgan fingerprint density at radius 2 is 1.79 bits per heavy atom. The lowest BCUT2D eigenvalue weighted by molar-refractivity contribution is -0.125. The molecule has 0 bridgehead atoms. The number of carbonyl (C=O) groups excluding carboxylic acids is 1. The fourth-order valence-corrected chi connectivity index (χ4v) is 3.53. The maximum Gasteiger partial charge on any atom is 0.223 e. The molecule has 2 unspecified atom stereocenters. The minimum Gasteiger partial charge on any atom is -0.348 e. The average molecular weight is 437 g/mol. The molecule has 0 aliphatic heterocycles. The van der Waals surface area contributed by atoms with Gasteiger partial charge in [-0.25, -0.2) is 0 Å². The summed E-state index contributed by atoms with van der Waals surface area (Å²) in [6.07, 6.45) is 0.673. The van der Waals surface area contributed by atoms with Gasteiger partial charge in [0.2, 0.25) is 5.91 Å². The number of aromatic nitrogens is 2. The fourth-order valence-electron chi connectivity index (χ4n) is 3.53. The third kappa shape index (κ3) is 5.50. The molecular weight excluding hydrogens is 407 g/mol. The summed E-state index contributed by atoms with van der Waals surface area (Å²) in [6, 6.07) is 14.2. The van der Waals surface area contributed by atoms with E-state index in [4.69, 9.17) is 5.73 Å². The zero-order valence-corrected chi connectivity index (χ0v) is 18.9. The smallest absolute Gasteiger partial charge is 0.223 e. The molecular formula is C22H30Cl2N4O. The molecule has 0 saturated heterocycles. The van der Waals surface area contributed by atoms with Crippen molar-refractivity contribution in [3.63, 3.8) is 0 Å². The van der Waals surface area contributed by atoms with Crippen LogP contribution in [0.3, 0.4) is 0 Å². The topological polar surface area (TPSA) is 72.9 Å². The number of fused-ring (bicyclic) bond motifs is 1. The van der Waals surface area contributed by atoms with Gasteiger partial charge in [-0.05, 0) is 48.2 Å². The van der Waals surface area contributed by atoms with Gasteiger partial charge in [-0.3, -0.25) is 9.48 Å². The summed E-state index contributed by atoms with van der Waals surface area (Å²) < 4.78 is 1.87. The van der Waals surface area contributed by atoms with Gasteiger partial charge in [-0.2, -0.15) is 5.10 Å². The first-order chi connectivity index (χ1) is 12.9. The normalized spacial score (nSPS) is 12.6. The second kappa shape index (κ2) is 10.6. The zero-order valence-electron chi connectivity index (χ0n) is 17.3. The predicted molar refractivity (Wildman–Crippen MR) is 124 cm³/mol. The SMILES string of the molecule is Cc1nn(C)c(C)c1CC(C)C(=O)NC(CN)c1ccc2ccccc2c1.Cl.Cl. The molecule has 0 aliphatic rings. The molecule has 5 nitrogen and oxygen atoms in total. The number of halogens is 2. The Hall–Kier alpha value is -2.08. The van der Waals surface area contributed by atoms with Gasteiger partial charge < -0.3 is 11.1 Å². The minimum absolute atomic E-state index is 0. The average Bonchev–Trinajstić information content (AvgIpc) is 2.91. The van der Waals surface area contributed by atoms with E-state index in [2.05, 4.69) is 34.7 Å². The highest BCUT2D eigenvalue weighted by molar-refractivity contribution is 5.86. The van der Waals surface area contributed by atoms with Gasteiger partial charge in [0.25, 0.3) is 0 Å². The largest absolute Gasteiger partial charge is 0.348 e. The Morgan fingerprint density at radius 1 is 1.14 bits per heavy atom. The number of carbonyl (C=O) groups is 1. The number of nitrogens with zero attached hydrogens (tertiary/aromatic N) is 2. The number of nitrogens with two attached hydrogens (primary N) is 1. The van der Waals surface area contributed by atoms with Crippen LogP contribution in [0.5, 0.6) is 0 Å². The van der Waals surface area contributed by atoms with Crippen LogP contribution in [0.4, 0.5) is 0 Å². The number of hydrogen-bond acceptors (Lipinski definition) is 3. The third-order valence-electron chi connectivity index (χ3n) is 5.34. The highest BCUT2D eigenvalue weighted by Gasteiger charge is 2.21. The molecule has 1 heterocycles. The number of hydrogen-bond donors (Lipinski definition) is 2. The first kappa shape index (κ1) is 25.0. The standard InChI is InChI=1S/C22H28N4O.2ClH/c1-14(11-20-15(2)25-26(4)16(20)3)22(27)24-21(13-23)19-10-9-17-7-5-6-8-18(17)12-19;;/h5-10,12,14,21H,11,13,23H2,1-4H3,(H,24,27);2*1H. The zero-order chi connectivity index (χ0) is 19.6. The van der Waals surface area contributed by atoms with Gasteiger partial charge in [0.1, 0.15) is 0 Å². The van der Waals surface area contributed by atoms with Crippen LogP contribution in [0.1, 0.15) is 35.5 Å². The highest BCUT2D eigenvalue weighted by Crippen LogP contribution is 2.21. The number of nitrogens with one attached hydrogen (secondary N) is 1. The van der Waals surface area contributed by atoms with E-state index in [0.29, 0.717) is 13.0 Å². The molecule has 2 aromatic carbocycles. The number of rotatable bonds is 6. The first-order valence-electron chi connectivity index (χ1n) is 9.39. The van der Waals surface area contributed by atoms with Crippen LogP contribution in [-0.2, 0) is 18.3 Å². The predicted octanol–water partition coefficient (Wildman–Crippen LogP) is 4.03. The Kier molecular flexibility index (Phi) is 9.14. The van der Waals surface area contributed by atoms with E-state index < -0.39 is 0 Å². The van der Waals surface area contributed by atoms with Crippen molar-refractivity contribution in [3.05, 3.63) is 65.0 Å². The lowest BCUT2D eigenvalue weighted by Gasteiger charge is -2.21. The summed E-state index contributed by atoms with van der Waals surface area (Å²) in [7, 11) is 1.93. The maximum atomic E-state index is 12.8. The van der Waals surface area contributed by atoms with Crippen LogP contribution in [0, 0.1) is 19.8 Å². The van der Waals surface area contributed by atoms with Crippen molar-refractivity contribution < 1.29 is 4.79 Å². The first-order valence-corrected chi connectivity index (χ1v) is 9.39. The molecule has 0 radical (unpaired) electrons. The molecule has 0 fully saturated rings. The van der Waals surface area contributed by atoms with Crippen molar-refractivity contribution in [1.29, 1.82) is 0 Å². The lowest BCUT2D eigenvalue weighted by Crippen LogP contribution is -2.37. The molecule has 2 atom stereocenters. The van der Waals surface area contributed by atoms with E-state index in [-0.39, 0.29) is 42.7 Å². The second-order valence-electron chi connectivity index (χ2n) is 7.28. The Morgan fingerprint density at radius 3 is 2.38 bits per heavy atom. The minimum atomic E-state index is -0.194. The Bertz CT molecular complexity index is 971. The van der Waals surface area contributed by atoms with Gasteiger partial charge in [-0.1, -0.05) is 43.3 Å². The fraction of sp³-hybridized carbons (Fsp3) is 0.364. The van der Waals surface area contributed by atoms with Crippen molar-refractivity contribution >= 4 is 41.5 Å². The molecule has 0 saturated carbocycles. The highest BCUT2D eigenvalue weighted by atomic mass is 35.5. The van der Waals surface area contributed by atoms with E-state index in [1.165, 1.54) is 5.39 Å². The molecule has 158 valence electrons. The van der Waals surface area contributed by atoms with Crippen LogP contribution in [-0.4, -0.2) is 22.2 Å². The van der Waals surface area contributed by atoms with Crippen LogP contribution < -0.4 is 11.1 Å². The van der Waals surface area contributed by atoms with Crippen LogP contribution in [0.2, 0.25) is 0 Å². The molecule has 29 heavy (non-hydrogen) atoms. The van der Waals surface area contributed by atoms with E-state index >= 15 is 0 Å². The van der Waals surface area contributed by atoms with Crippen LogP contribution in [0.15, 0.2) is 42.5 Å². The van der Waals surface area contributed by atoms with Gasteiger partial charge in [0.05, 0.1) is 11.7 Å². The van der Waals surface area contributed by atoms with Crippen LogP contribution in [0.25, 0.3) is 10.8 Å². The van der Waals surface area contributed by atoms with E-state index in [1.807, 2.05) is 50.7 Å². The summed E-state index contributed by atoms with van der Waals surface area (Å²) in [5, 5.41) is 9.89. The molecule has 3 N–H and O–H groups in total. The lowest BCUT2D eigenvalue weighted by atomic mass is 9.97.